The Kier molecular flexibility index (Phi) is 7.89. The quantitative estimate of drug-likeness (QED) is 0.418. The van der Waals surface area contributed by atoms with Crippen LogP contribution in [0.2, 0.25) is 0 Å². The number of nitrogens with one attached hydrogen (secondary N) is 3. The fourth-order valence-electron chi connectivity index (χ4n) is 5.14. The highest BCUT2D eigenvalue weighted by molar-refractivity contribution is 6.09. The Labute approximate surface area is 225 Å². The Hall–Kier alpha value is -4.02. The molecule has 4 rings (SSSR count). The Bertz CT molecular complexity index is 1310. The van der Waals surface area contributed by atoms with Gasteiger partial charge >= 0.3 is 5.97 Å². The van der Waals surface area contributed by atoms with Crippen LogP contribution >= 0.6 is 0 Å². The standard InChI is InChI=1S/C28H32F2N4O5/c1-4-39-26(38)28(13-6-14-28)34(18-8-10-20(22(30)16-18)24(36)32-3)25(37)27(11-5-12-27)33-17-7-9-19(21(29)15-17)23(35)31-2/h7-10,15-16,33H,4-6,11-14H2,1-3H3,(H,31,35)(H,32,36). The SMILES string of the molecule is CCOC(=O)C1(N(C(=O)C2(Nc3ccc(C(=O)NC)c(F)c3)CCC2)c2ccc(C(=O)NC)c(F)c2)CCC1. The van der Waals surface area contributed by atoms with Gasteiger partial charge in [-0.15, -0.1) is 0 Å². The first-order valence-corrected chi connectivity index (χ1v) is 13.0. The number of rotatable bonds is 9. The summed E-state index contributed by atoms with van der Waals surface area (Å²) in [6, 6.07) is 7.76. The largest absolute Gasteiger partial charge is 0.464 e. The highest BCUT2D eigenvalue weighted by Gasteiger charge is 2.58. The van der Waals surface area contributed by atoms with E-state index in [2.05, 4.69) is 16.0 Å². The molecule has 0 bridgehead atoms. The molecule has 0 radical (unpaired) electrons. The van der Waals surface area contributed by atoms with Crippen LogP contribution < -0.4 is 20.9 Å². The first-order chi connectivity index (χ1) is 18.6. The molecule has 0 aromatic heterocycles. The van der Waals surface area contributed by atoms with Crippen molar-refractivity contribution in [1.29, 1.82) is 0 Å². The van der Waals surface area contributed by atoms with Gasteiger partial charge in [0.15, 0.2) is 0 Å². The first kappa shape index (κ1) is 28.0. The van der Waals surface area contributed by atoms with Crippen molar-refractivity contribution in [2.24, 2.45) is 0 Å². The Morgan fingerprint density at radius 3 is 1.87 bits per heavy atom. The second kappa shape index (κ2) is 11.0. The van der Waals surface area contributed by atoms with Gasteiger partial charge in [-0.05, 0) is 81.8 Å². The van der Waals surface area contributed by atoms with E-state index in [4.69, 9.17) is 4.74 Å². The highest BCUT2D eigenvalue weighted by atomic mass is 19.1. The Morgan fingerprint density at radius 2 is 1.44 bits per heavy atom. The third-order valence-corrected chi connectivity index (χ3v) is 7.59. The molecule has 39 heavy (non-hydrogen) atoms. The summed E-state index contributed by atoms with van der Waals surface area (Å²) in [5.41, 5.74) is -2.48. The van der Waals surface area contributed by atoms with E-state index in [9.17, 15) is 23.6 Å². The molecule has 2 aromatic rings. The minimum Gasteiger partial charge on any atom is -0.464 e. The number of hydrogen-bond donors (Lipinski definition) is 3. The van der Waals surface area contributed by atoms with E-state index in [1.807, 2.05) is 0 Å². The second-order valence-electron chi connectivity index (χ2n) is 9.82. The summed E-state index contributed by atoms with van der Waals surface area (Å²) in [5.74, 6) is -3.87. The third kappa shape index (κ3) is 4.93. The number of anilines is 2. The van der Waals surface area contributed by atoms with Gasteiger partial charge in [0.25, 0.3) is 17.7 Å². The van der Waals surface area contributed by atoms with E-state index in [0.29, 0.717) is 38.5 Å². The number of esters is 1. The summed E-state index contributed by atoms with van der Waals surface area (Å²) >= 11 is 0. The predicted molar refractivity (Wildman–Crippen MR) is 140 cm³/mol. The lowest BCUT2D eigenvalue weighted by molar-refractivity contribution is -0.155. The molecule has 0 aliphatic heterocycles. The van der Waals surface area contributed by atoms with Crippen molar-refractivity contribution >= 4 is 35.1 Å². The molecule has 2 saturated carbocycles. The van der Waals surface area contributed by atoms with Gasteiger partial charge in [0.05, 0.1) is 17.7 Å². The molecule has 3 N–H and O–H groups in total. The van der Waals surface area contributed by atoms with Crippen molar-refractivity contribution in [2.45, 2.75) is 56.5 Å². The fraction of sp³-hybridized carbons (Fsp3) is 0.429. The monoisotopic (exact) mass is 542 g/mol. The molecule has 0 atom stereocenters. The van der Waals surface area contributed by atoms with E-state index in [1.54, 1.807) is 6.92 Å². The molecule has 0 saturated heterocycles. The van der Waals surface area contributed by atoms with Crippen LogP contribution in [0.4, 0.5) is 20.2 Å². The average Bonchev–Trinajstić information content (AvgIpc) is 2.87. The first-order valence-electron chi connectivity index (χ1n) is 13.0. The van der Waals surface area contributed by atoms with E-state index in [0.717, 1.165) is 12.1 Å². The van der Waals surface area contributed by atoms with Gasteiger partial charge in [-0.3, -0.25) is 19.3 Å². The molecule has 0 heterocycles. The molecule has 2 aromatic carbocycles. The van der Waals surface area contributed by atoms with Gasteiger partial charge < -0.3 is 20.7 Å². The van der Waals surface area contributed by atoms with E-state index < -0.39 is 46.4 Å². The van der Waals surface area contributed by atoms with Crippen LogP contribution in [-0.2, 0) is 14.3 Å². The molecule has 2 aliphatic rings. The molecule has 0 spiro atoms. The molecular formula is C28H32F2N4O5. The van der Waals surface area contributed by atoms with Gasteiger partial charge in [-0.2, -0.15) is 0 Å². The van der Waals surface area contributed by atoms with E-state index in [-0.39, 0.29) is 29.1 Å². The molecule has 9 nitrogen and oxygen atoms in total. The smallest absolute Gasteiger partial charge is 0.332 e. The van der Waals surface area contributed by atoms with Crippen molar-refractivity contribution in [3.8, 4) is 0 Å². The average molecular weight is 543 g/mol. The van der Waals surface area contributed by atoms with Crippen LogP contribution in [0.1, 0.15) is 66.2 Å². The van der Waals surface area contributed by atoms with Crippen molar-refractivity contribution in [1.82, 2.24) is 10.6 Å². The molecule has 3 amide bonds. The van der Waals surface area contributed by atoms with Crippen molar-refractivity contribution in [2.75, 3.05) is 30.9 Å². The highest BCUT2D eigenvalue weighted by Crippen LogP contribution is 2.46. The van der Waals surface area contributed by atoms with Gasteiger partial charge in [0.2, 0.25) is 0 Å². The number of nitrogens with zero attached hydrogens (tertiary/aromatic N) is 1. The summed E-state index contributed by atoms with van der Waals surface area (Å²) in [7, 11) is 2.78. The molecule has 208 valence electrons. The van der Waals surface area contributed by atoms with E-state index >= 15 is 4.39 Å². The van der Waals surface area contributed by atoms with Crippen LogP contribution in [0.25, 0.3) is 0 Å². The van der Waals surface area contributed by atoms with Gasteiger partial charge in [-0.1, -0.05) is 0 Å². The molecule has 11 heteroatoms. The van der Waals surface area contributed by atoms with Gasteiger partial charge in [-0.25, -0.2) is 13.6 Å². The predicted octanol–water partition coefficient (Wildman–Crippen LogP) is 3.54. The lowest BCUT2D eigenvalue weighted by Crippen LogP contribution is -2.69. The van der Waals surface area contributed by atoms with Gasteiger partial charge in [0, 0.05) is 25.5 Å². The van der Waals surface area contributed by atoms with Crippen LogP contribution in [0.15, 0.2) is 36.4 Å². The zero-order valence-electron chi connectivity index (χ0n) is 22.2. The number of carbonyl (C=O) groups excluding carboxylic acids is 4. The topological polar surface area (TPSA) is 117 Å². The maximum Gasteiger partial charge on any atom is 0.332 e. The van der Waals surface area contributed by atoms with Crippen molar-refractivity contribution < 1.29 is 32.7 Å². The van der Waals surface area contributed by atoms with Gasteiger partial charge in [0.1, 0.15) is 22.7 Å². The zero-order chi connectivity index (χ0) is 28.4. The maximum absolute atomic E-state index is 15.1. The lowest BCUT2D eigenvalue weighted by Gasteiger charge is -2.52. The minimum absolute atomic E-state index is 0.104. The Morgan fingerprint density at radius 1 is 0.872 bits per heavy atom. The number of hydrogen-bond acceptors (Lipinski definition) is 6. The number of carbonyl (C=O) groups is 4. The van der Waals surface area contributed by atoms with Crippen molar-refractivity contribution in [3.05, 3.63) is 59.2 Å². The van der Waals surface area contributed by atoms with Crippen LogP contribution in [0.3, 0.4) is 0 Å². The third-order valence-electron chi connectivity index (χ3n) is 7.59. The van der Waals surface area contributed by atoms with E-state index in [1.165, 1.54) is 43.3 Å². The summed E-state index contributed by atoms with van der Waals surface area (Å²) in [6.07, 6.45) is 2.78. The number of benzene rings is 2. The van der Waals surface area contributed by atoms with Crippen LogP contribution in [-0.4, -0.2) is 55.5 Å². The van der Waals surface area contributed by atoms with Crippen molar-refractivity contribution in [3.63, 3.8) is 0 Å². The molecule has 2 fully saturated rings. The van der Waals surface area contributed by atoms with Crippen LogP contribution in [0.5, 0.6) is 0 Å². The summed E-state index contributed by atoms with van der Waals surface area (Å²) < 4.78 is 35.1. The summed E-state index contributed by atoms with van der Waals surface area (Å²) in [5, 5.41) is 7.88. The lowest BCUT2D eigenvalue weighted by atomic mass is 9.70. The zero-order valence-corrected chi connectivity index (χ0v) is 22.2. The molecular weight excluding hydrogens is 510 g/mol. The number of halogens is 2. The Balaban J connectivity index is 1.76. The number of amides is 3. The fourth-order valence-corrected chi connectivity index (χ4v) is 5.14. The maximum atomic E-state index is 15.1. The van der Waals surface area contributed by atoms with Crippen LogP contribution in [0, 0.1) is 11.6 Å². The molecule has 2 aliphatic carbocycles. The normalized spacial score (nSPS) is 16.6. The second-order valence-corrected chi connectivity index (χ2v) is 9.82. The number of ether oxygens (including phenoxy) is 1. The minimum atomic E-state index is -1.34. The molecule has 0 unspecified atom stereocenters. The summed E-state index contributed by atoms with van der Waals surface area (Å²) in [6.45, 7) is 1.77. The summed E-state index contributed by atoms with van der Waals surface area (Å²) in [4.78, 5) is 52.9.